The van der Waals surface area contributed by atoms with Gasteiger partial charge in [0.25, 0.3) is 0 Å². The van der Waals surface area contributed by atoms with Crippen molar-refractivity contribution < 1.29 is 4.74 Å². The van der Waals surface area contributed by atoms with E-state index in [1.54, 1.807) is 0 Å². The summed E-state index contributed by atoms with van der Waals surface area (Å²) < 4.78 is 8.96. The molecule has 76 valence electrons. The quantitative estimate of drug-likeness (QED) is 0.699. The van der Waals surface area contributed by atoms with Crippen LogP contribution in [-0.2, 0) is 6.61 Å². The second-order valence-corrected chi connectivity index (χ2v) is 4.52. The Morgan fingerprint density at radius 2 is 2.20 bits per heavy atom. The molecule has 0 radical (unpaired) electrons. The standard InChI is InChI=1S/C11H9IN2O/c1-7-11(12)14-8-4-2-3-5-9(8)15-6-10(14)13-7/h2-5H,6H2,1H3. The van der Waals surface area contributed by atoms with Crippen LogP contribution in [0.1, 0.15) is 11.5 Å². The number of nitrogens with zero attached hydrogens (tertiary/aromatic N) is 2. The second kappa shape index (κ2) is 3.23. The van der Waals surface area contributed by atoms with E-state index in [2.05, 4.69) is 38.2 Å². The van der Waals surface area contributed by atoms with E-state index in [0.717, 1.165) is 23.0 Å². The van der Waals surface area contributed by atoms with E-state index >= 15 is 0 Å². The van der Waals surface area contributed by atoms with Gasteiger partial charge in [0.2, 0.25) is 0 Å². The van der Waals surface area contributed by atoms with E-state index in [-0.39, 0.29) is 0 Å². The minimum absolute atomic E-state index is 0.556. The third kappa shape index (κ3) is 1.27. The van der Waals surface area contributed by atoms with Gasteiger partial charge in [0, 0.05) is 0 Å². The molecule has 0 bridgehead atoms. The molecule has 0 atom stereocenters. The topological polar surface area (TPSA) is 27.1 Å². The van der Waals surface area contributed by atoms with Crippen molar-refractivity contribution in [3.05, 3.63) is 39.5 Å². The van der Waals surface area contributed by atoms with Crippen molar-refractivity contribution in [2.75, 3.05) is 0 Å². The Morgan fingerprint density at radius 1 is 1.40 bits per heavy atom. The van der Waals surface area contributed by atoms with Gasteiger partial charge in [-0.2, -0.15) is 0 Å². The number of imidazole rings is 1. The van der Waals surface area contributed by atoms with E-state index in [4.69, 9.17) is 4.74 Å². The summed E-state index contributed by atoms with van der Waals surface area (Å²) >= 11 is 2.32. The van der Waals surface area contributed by atoms with Crippen LogP contribution in [0.15, 0.2) is 24.3 Å². The predicted molar refractivity (Wildman–Crippen MR) is 65.4 cm³/mol. The normalized spacial score (nSPS) is 12.9. The van der Waals surface area contributed by atoms with Gasteiger partial charge in [-0.25, -0.2) is 4.98 Å². The highest BCUT2D eigenvalue weighted by Crippen LogP contribution is 2.31. The fourth-order valence-electron chi connectivity index (χ4n) is 1.81. The number of halogens is 1. The Bertz CT molecular complexity index is 533. The lowest BCUT2D eigenvalue weighted by molar-refractivity contribution is 0.279. The van der Waals surface area contributed by atoms with Gasteiger partial charge in [0.15, 0.2) is 5.82 Å². The smallest absolute Gasteiger partial charge is 0.152 e. The molecule has 0 saturated carbocycles. The number of ether oxygens (including phenoxy) is 1. The van der Waals surface area contributed by atoms with Crippen molar-refractivity contribution in [3.63, 3.8) is 0 Å². The van der Waals surface area contributed by atoms with Crippen LogP contribution >= 0.6 is 22.6 Å². The first-order valence-corrected chi connectivity index (χ1v) is 5.81. The highest BCUT2D eigenvalue weighted by Gasteiger charge is 2.21. The minimum Gasteiger partial charge on any atom is -0.483 e. The number of aromatic nitrogens is 2. The molecule has 0 fully saturated rings. The van der Waals surface area contributed by atoms with Crippen molar-refractivity contribution in [1.82, 2.24) is 9.55 Å². The van der Waals surface area contributed by atoms with E-state index in [1.165, 1.54) is 3.70 Å². The molecule has 15 heavy (non-hydrogen) atoms. The summed E-state index contributed by atoms with van der Waals surface area (Å²) in [7, 11) is 0. The molecule has 0 spiro atoms. The molecule has 4 heteroatoms. The van der Waals surface area contributed by atoms with Gasteiger partial charge in [-0.15, -0.1) is 0 Å². The number of benzene rings is 1. The lowest BCUT2D eigenvalue weighted by atomic mass is 10.2. The van der Waals surface area contributed by atoms with Gasteiger partial charge in [0.05, 0.1) is 11.4 Å². The Hall–Kier alpha value is -1.04. The van der Waals surface area contributed by atoms with Crippen molar-refractivity contribution in [2.45, 2.75) is 13.5 Å². The first kappa shape index (κ1) is 9.21. The van der Waals surface area contributed by atoms with Crippen LogP contribution in [-0.4, -0.2) is 9.55 Å². The molecule has 2 aromatic rings. The van der Waals surface area contributed by atoms with Crippen LogP contribution in [0.3, 0.4) is 0 Å². The predicted octanol–water partition coefficient (Wildman–Crippen LogP) is 2.68. The molecule has 1 aliphatic rings. The lowest BCUT2D eigenvalue weighted by Gasteiger charge is -2.19. The van der Waals surface area contributed by atoms with Crippen molar-refractivity contribution in [3.8, 4) is 11.4 Å². The van der Waals surface area contributed by atoms with Gasteiger partial charge in [-0.05, 0) is 41.6 Å². The van der Waals surface area contributed by atoms with E-state index in [9.17, 15) is 0 Å². The average molecular weight is 312 g/mol. The van der Waals surface area contributed by atoms with Crippen LogP contribution < -0.4 is 4.74 Å². The maximum Gasteiger partial charge on any atom is 0.152 e. The van der Waals surface area contributed by atoms with Gasteiger partial charge in [-0.1, -0.05) is 12.1 Å². The van der Waals surface area contributed by atoms with E-state index < -0.39 is 0 Å². The summed E-state index contributed by atoms with van der Waals surface area (Å²) in [6.07, 6.45) is 0. The molecule has 0 unspecified atom stereocenters. The lowest BCUT2D eigenvalue weighted by Crippen LogP contribution is -2.13. The summed E-state index contributed by atoms with van der Waals surface area (Å²) in [6.45, 7) is 2.58. The summed E-state index contributed by atoms with van der Waals surface area (Å²) in [5.41, 5.74) is 2.15. The zero-order valence-electron chi connectivity index (χ0n) is 8.20. The molecule has 0 saturated heterocycles. The fourth-order valence-corrected chi connectivity index (χ4v) is 2.47. The number of aryl methyl sites for hydroxylation is 1. The molecule has 3 rings (SSSR count). The maximum absolute atomic E-state index is 5.63. The zero-order valence-corrected chi connectivity index (χ0v) is 10.4. The maximum atomic E-state index is 5.63. The molecular weight excluding hydrogens is 303 g/mol. The number of rotatable bonds is 0. The second-order valence-electron chi connectivity index (χ2n) is 3.50. The summed E-state index contributed by atoms with van der Waals surface area (Å²) in [5, 5.41) is 0. The van der Waals surface area contributed by atoms with E-state index in [0.29, 0.717) is 6.61 Å². The first-order valence-electron chi connectivity index (χ1n) is 4.73. The number of fused-ring (bicyclic) bond motifs is 3. The van der Waals surface area contributed by atoms with Crippen LogP contribution in [0.25, 0.3) is 5.69 Å². The van der Waals surface area contributed by atoms with E-state index in [1.807, 2.05) is 25.1 Å². The van der Waals surface area contributed by atoms with Crippen LogP contribution in [0.5, 0.6) is 5.75 Å². The largest absolute Gasteiger partial charge is 0.483 e. The van der Waals surface area contributed by atoms with Crippen molar-refractivity contribution in [1.29, 1.82) is 0 Å². The van der Waals surface area contributed by atoms with Crippen LogP contribution in [0.2, 0.25) is 0 Å². The van der Waals surface area contributed by atoms with Crippen LogP contribution in [0.4, 0.5) is 0 Å². The number of hydrogen-bond donors (Lipinski definition) is 0. The van der Waals surface area contributed by atoms with Gasteiger partial charge >= 0.3 is 0 Å². The molecule has 0 aliphatic carbocycles. The average Bonchev–Trinajstić information content (AvgIpc) is 2.55. The Balaban J connectivity index is 2.33. The molecule has 1 aromatic heterocycles. The molecule has 0 N–H and O–H groups in total. The molecule has 3 nitrogen and oxygen atoms in total. The Kier molecular flexibility index (Phi) is 1.98. The molecule has 0 amide bonds. The van der Waals surface area contributed by atoms with Gasteiger partial charge in [-0.3, -0.25) is 4.57 Å². The summed E-state index contributed by atoms with van der Waals surface area (Å²) in [4.78, 5) is 4.48. The third-order valence-electron chi connectivity index (χ3n) is 2.51. The first-order chi connectivity index (χ1) is 7.27. The summed E-state index contributed by atoms with van der Waals surface area (Å²) in [5.74, 6) is 1.91. The molecular formula is C11H9IN2O. The Labute approximate surface area is 101 Å². The molecule has 1 aromatic carbocycles. The summed E-state index contributed by atoms with van der Waals surface area (Å²) in [6, 6.07) is 8.05. The van der Waals surface area contributed by atoms with Crippen molar-refractivity contribution in [2.24, 2.45) is 0 Å². The molecule has 1 aliphatic heterocycles. The minimum atomic E-state index is 0.556. The van der Waals surface area contributed by atoms with Crippen molar-refractivity contribution >= 4 is 22.6 Å². The third-order valence-corrected chi connectivity index (χ3v) is 3.78. The SMILES string of the molecule is Cc1nc2n(c1I)-c1ccccc1OC2. The number of para-hydroxylation sites is 2. The van der Waals surface area contributed by atoms with Gasteiger partial charge in [0.1, 0.15) is 16.1 Å². The number of hydrogen-bond acceptors (Lipinski definition) is 2. The zero-order chi connectivity index (χ0) is 10.4. The monoisotopic (exact) mass is 312 g/mol. The highest BCUT2D eigenvalue weighted by molar-refractivity contribution is 14.1. The fraction of sp³-hybridized carbons (Fsp3) is 0.182. The Morgan fingerprint density at radius 3 is 3.07 bits per heavy atom. The van der Waals surface area contributed by atoms with Gasteiger partial charge < -0.3 is 4.74 Å². The molecule has 2 heterocycles. The van der Waals surface area contributed by atoms with Crippen LogP contribution in [0, 0.1) is 10.6 Å². The highest BCUT2D eigenvalue weighted by atomic mass is 127.